The smallest absolute Gasteiger partial charge is 0.147 e. The largest absolute Gasteiger partial charge is 0.389 e. The second kappa shape index (κ2) is 5.63. The summed E-state index contributed by atoms with van der Waals surface area (Å²) in [4.78, 5) is 2.26. The molecule has 18 heavy (non-hydrogen) atoms. The molecule has 1 aromatic carbocycles. The van der Waals surface area contributed by atoms with E-state index >= 15 is 0 Å². The number of anilines is 1. The molecule has 0 saturated carbocycles. The maximum Gasteiger partial charge on any atom is 0.147 e. The van der Waals surface area contributed by atoms with Gasteiger partial charge >= 0.3 is 0 Å². The summed E-state index contributed by atoms with van der Waals surface area (Å²) in [6.45, 7) is 1.61. The van der Waals surface area contributed by atoms with Gasteiger partial charge in [0, 0.05) is 25.8 Å². The zero-order chi connectivity index (χ0) is 13.1. The number of methoxy groups -OCH3 is 1. The molecule has 0 aliphatic carbocycles. The summed E-state index contributed by atoms with van der Waals surface area (Å²) in [6.07, 6.45) is 2.14. The second-order valence-electron chi connectivity index (χ2n) is 4.45. The van der Waals surface area contributed by atoms with Crippen molar-refractivity contribution in [3.05, 3.63) is 29.6 Å². The third-order valence-electron chi connectivity index (χ3n) is 3.35. The highest BCUT2D eigenvalue weighted by Gasteiger charge is 2.21. The average Bonchev–Trinajstić information content (AvgIpc) is 2.38. The predicted octanol–water partition coefficient (Wildman–Crippen LogP) is 2.08. The minimum absolute atomic E-state index is 0.221. The van der Waals surface area contributed by atoms with Crippen LogP contribution < -0.4 is 10.6 Å². The van der Waals surface area contributed by atoms with Gasteiger partial charge in [-0.1, -0.05) is 12.2 Å². The van der Waals surface area contributed by atoms with E-state index in [1.807, 2.05) is 4.90 Å². The number of hydrogen-bond donors (Lipinski definition) is 1. The Labute approximate surface area is 112 Å². The lowest BCUT2D eigenvalue weighted by Gasteiger charge is -2.33. The van der Waals surface area contributed by atoms with E-state index in [9.17, 15) is 4.39 Å². The van der Waals surface area contributed by atoms with Gasteiger partial charge in [-0.2, -0.15) is 0 Å². The highest BCUT2D eigenvalue weighted by Crippen LogP contribution is 2.24. The van der Waals surface area contributed by atoms with Gasteiger partial charge in [0.1, 0.15) is 10.8 Å². The normalized spacial score (nSPS) is 16.9. The number of nitrogens with two attached hydrogens (primary N) is 1. The van der Waals surface area contributed by atoms with Gasteiger partial charge in [-0.3, -0.25) is 0 Å². The van der Waals surface area contributed by atoms with Crippen molar-refractivity contribution < 1.29 is 9.13 Å². The van der Waals surface area contributed by atoms with E-state index in [1.54, 1.807) is 19.2 Å². The van der Waals surface area contributed by atoms with Crippen molar-refractivity contribution in [3.63, 3.8) is 0 Å². The van der Waals surface area contributed by atoms with Gasteiger partial charge in [0.15, 0.2) is 0 Å². The van der Waals surface area contributed by atoms with Crippen molar-refractivity contribution in [1.29, 1.82) is 0 Å². The molecular formula is C13H17FN2OS. The highest BCUT2D eigenvalue weighted by molar-refractivity contribution is 7.80. The van der Waals surface area contributed by atoms with Gasteiger partial charge in [0.25, 0.3) is 0 Å². The van der Waals surface area contributed by atoms with Crippen LogP contribution in [0.5, 0.6) is 0 Å². The quantitative estimate of drug-likeness (QED) is 0.852. The van der Waals surface area contributed by atoms with Crippen LogP contribution in [0.4, 0.5) is 10.1 Å². The number of piperidine rings is 1. The van der Waals surface area contributed by atoms with Crippen molar-refractivity contribution in [2.24, 2.45) is 5.73 Å². The van der Waals surface area contributed by atoms with Gasteiger partial charge < -0.3 is 15.4 Å². The van der Waals surface area contributed by atoms with Crippen LogP contribution in [0.3, 0.4) is 0 Å². The van der Waals surface area contributed by atoms with Crippen LogP contribution in [0, 0.1) is 5.82 Å². The number of benzene rings is 1. The van der Waals surface area contributed by atoms with Crippen LogP contribution in [0.2, 0.25) is 0 Å². The lowest BCUT2D eigenvalue weighted by atomic mass is 10.1. The van der Waals surface area contributed by atoms with E-state index in [0.717, 1.165) is 25.9 Å². The fourth-order valence-corrected chi connectivity index (χ4v) is 2.38. The summed E-state index contributed by atoms with van der Waals surface area (Å²) < 4.78 is 19.3. The molecule has 0 spiro atoms. The first-order valence-corrected chi connectivity index (χ1v) is 6.39. The van der Waals surface area contributed by atoms with E-state index in [4.69, 9.17) is 22.7 Å². The molecule has 1 aliphatic rings. The Kier molecular flexibility index (Phi) is 4.14. The molecule has 0 amide bonds. The monoisotopic (exact) mass is 268 g/mol. The second-order valence-corrected chi connectivity index (χ2v) is 4.89. The fourth-order valence-electron chi connectivity index (χ4n) is 2.25. The van der Waals surface area contributed by atoms with Gasteiger partial charge in [-0.15, -0.1) is 0 Å². The third kappa shape index (κ3) is 2.79. The summed E-state index contributed by atoms with van der Waals surface area (Å²) in [5.74, 6) is -0.267. The van der Waals surface area contributed by atoms with Gasteiger partial charge in [-0.05, 0) is 31.0 Å². The van der Waals surface area contributed by atoms with Crippen LogP contribution in [0.1, 0.15) is 18.4 Å². The molecular weight excluding hydrogens is 251 g/mol. The molecule has 98 valence electrons. The van der Waals surface area contributed by atoms with E-state index in [1.165, 1.54) is 6.07 Å². The van der Waals surface area contributed by atoms with Gasteiger partial charge in [-0.25, -0.2) is 4.39 Å². The van der Waals surface area contributed by atoms with Crippen molar-refractivity contribution in [2.45, 2.75) is 18.9 Å². The molecule has 1 aromatic rings. The van der Waals surface area contributed by atoms with Crippen molar-refractivity contribution in [2.75, 3.05) is 25.1 Å². The summed E-state index contributed by atoms with van der Waals surface area (Å²) in [7, 11) is 1.72. The van der Waals surface area contributed by atoms with Crippen LogP contribution in [-0.2, 0) is 4.74 Å². The standard InChI is InChI=1S/C13H17FN2OS/c1-17-10-4-6-16(7-5-10)12-3-2-9(13(15)18)8-11(12)14/h2-3,8,10H,4-7H2,1H3,(H2,15,18). The molecule has 5 heteroatoms. The minimum atomic E-state index is -0.267. The number of nitrogens with zero attached hydrogens (tertiary/aromatic N) is 1. The van der Waals surface area contributed by atoms with E-state index in [-0.39, 0.29) is 10.8 Å². The average molecular weight is 268 g/mol. The van der Waals surface area contributed by atoms with E-state index in [2.05, 4.69) is 0 Å². The molecule has 2 N–H and O–H groups in total. The first kappa shape index (κ1) is 13.2. The molecule has 2 rings (SSSR count). The Morgan fingerprint density at radius 2 is 2.11 bits per heavy atom. The van der Waals surface area contributed by atoms with E-state index < -0.39 is 0 Å². The molecule has 0 bridgehead atoms. The van der Waals surface area contributed by atoms with Crippen LogP contribution in [0.15, 0.2) is 18.2 Å². The lowest BCUT2D eigenvalue weighted by molar-refractivity contribution is 0.0818. The lowest BCUT2D eigenvalue weighted by Crippen LogP contribution is -2.37. The van der Waals surface area contributed by atoms with E-state index in [0.29, 0.717) is 17.4 Å². The Bertz CT molecular complexity index is 445. The fraction of sp³-hybridized carbons (Fsp3) is 0.462. The number of hydrogen-bond acceptors (Lipinski definition) is 3. The summed E-state index contributed by atoms with van der Waals surface area (Å²) >= 11 is 4.83. The molecule has 0 unspecified atom stereocenters. The number of halogens is 1. The topological polar surface area (TPSA) is 38.5 Å². The molecule has 1 aliphatic heterocycles. The number of rotatable bonds is 3. The molecule has 0 radical (unpaired) electrons. The third-order valence-corrected chi connectivity index (χ3v) is 3.58. The molecule has 0 atom stereocenters. The maximum absolute atomic E-state index is 14.0. The van der Waals surface area contributed by atoms with Crippen LogP contribution in [-0.4, -0.2) is 31.3 Å². The molecule has 1 saturated heterocycles. The van der Waals surface area contributed by atoms with Crippen molar-refractivity contribution in [3.8, 4) is 0 Å². The van der Waals surface area contributed by atoms with Crippen LogP contribution >= 0.6 is 12.2 Å². The molecule has 1 heterocycles. The van der Waals surface area contributed by atoms with Crippen molar-refractivity contribution >= 4 is 22.9 Å². The molecule has 3 nitrogen and oxygen atoms in total. The van der Waals surface area contributed by atoms with Gasteiger partial charge in [0.2, 0.25) is 0 Å². The first-order valence-electron chi connectivity index (χ1n) is 5.99. The summed E-state index contributed by atoms with van der Waals surface area (Å²) in [6, 6.07) is 4.92. The SMILES string of the molecule is COC1CCN(c2ccc(C(N)=S)cc2F)CC1. The maximum atomic E-state index is 14.0. The molecule has 1 fully saturated rings. The van der Waals surface area contributed by atoms with Gasteiger partial charge in [0.05, 0.1) is 11.8 Å². The zero-order valence-corrected chi connectivity index (χ0v) is 11.2. The number of ether oxygens (including phenoxy) is 1. The Morgan fingerprint density at radius 3 is 2.61 bits per heavy atom. The predicted molar refractivity (Wildman–Crippen MR) is 74.5 cm³/mol. The first-order chi connectivity index (χ1) is 8.61. The Morgan fingerprint density at radius 1 is 1.44 bits per heavy atom. The Hall–Kier alpha value is -1.20. The Balaban J connectivity index is 2.12. The van der Waals surface area contributed by atoms with Crippen LogP contribution in [0.25, 0.3) is 0 Å². The number of thiocarbonyl (C=S) groups is 1. The molecule has 0 aromatic heterocycles. The zero-order valence-electron chi connectivity index (χ0n) is 10.4. The highest BCUT2D eigenvalue weighted by atomic mass is 32.1. The summed E-state index contributed by atoms with van der Waals surface area (Å²) in [5.41, 5.74) is 6.66. The minimum Gasteiger partial charge on any atom is -0.389 e. The summed E-state index contributed by atoms with van der Waals surface area (Å²) in [5, 5.41) is 0. The van der Waals surface area contributed by atoms with Crippen molar-refractivity contribution in [1.82, 2.24) is 0 Å².